The summed E-state index contributed by atoms with van der Waals surface area (Å²) in [5, 5.41) is 29.6. The maximum Gasteiger partial charge on any atom is 0.330 e. The molecule has 3 N–H and O–H groups in total. The summed E-state index contributed by atoms with van der Waals surface area (Å²) in [5.74, 6) is -0.110. The molecule has 0 aromatic carbocycles. The van der Waals surface area contributed by atoms with Gasteiger partial charge in [0.05, 0.1) is 12.2 Å². The summed E-state index contributed by atoms with van der Waals surface area (Å²) in [6.07, 6.45) is -2.20. The molecule has 1 aliphatic carbocycles. The number of rotatable bonds is 2. The van der Waals surface area contributed by atoms with E-state index in [1.807, 2.05) is 6.92 Å². The van der Waals surface area contributed by atoms with Crippen LogP contribution < -0.4 is 0 Å². The molecule has 3 aliphatic rings. The molecule has 7 heteroatoms. The highest BCUT2D eigenvalue weighted by Gasteiger charge is 2.45. The third-order valence-electron chi connectivity index (χ3n) is 5.08. The van der Waals surface area contributed by atoms with Crippen LogP contribution in [0, 0.1) is 5.92 Å². The van der Waals surface area contributed by atoms with Gasteiger partial charge in [-0.25, -0.2) is 4.79 Å². The second kappa shape index (κ2) is 6.49. The molecule has 8 atom stereocenters. The van der Waals surface area contributed by atoms with E-state index in [2.05, 4.69) is 0 Å². The highest BCUT2D eigenvalue weighted by Crippen LogP contribution is 2.37. The van der Waals surface area contributed by atoms with Crippen LogP contribution in [0.1, 0.15) is 33.1 Å². The maximum atomic E-state index is 11.5. The number of hydrogen-bond acceptors (Lipinski definition) is 7. The summed E-state index contributed by atoms with van der Waals surface area (Å²) in [6.45, 7) is 3.55. The quantitative estimate of drug-likeness (QED) is 0.606. The van der Waals surface area contributed by atoms with Crippen LogP contribution in [0.25, 0.3) is 0 Å². The van der Waals surface area contributed by atoms with Crippen molar-refractivity contribution in [1.82, 2.24) is 0 Å². The topological polar surface area (TPSA) is 105 Å². The molecule has 0 radical (unpaired) electrons. The monoisotopic (exact) mass is 328 g/mol. The van der Waals surface area contributed by atoms with Crippen molar-refractivity contribution in [2.24, 2.45) is 5.92 Å². The minimum atomic E-state index is -1.31. The lowest BCUT2D eigenvalue weighted by molar-refractivity contribution is -0.307. The van der Waals surface area contributed by atoms with Gasteiger partial charge in [0.15, 0.2) is 6.29 Å². The molecule has 2 heterocycles. The third-order valence-corrected chi connectivity index (χ3v) is 5.08. The molecule has 0 spiro atoms. The lowest BCUT2D eigenvalue weighted by atomic mass is 9.79. The van der Waals surface area contributed by atoms with Crippen LogP contribution in [0.3, 0.4) is 0 Å². The molecule has 1 saturated heterocycles. The first-order valence-electron chi connectivity index (χ1n) is 8.10. The van der Waals surface area contributed by atoms with Crippen LogP contribution >= 0.6 is 0 Å². The van der Waals surface area contributed by atoms with Gasteiger partial charge < -0.3 is 29.5 Å². The Morgan fingerprint density at radius 2 is 1.91 bits per heavy atom. The summed E-state index contributed by atoms with van der Waals surface area (Å²) in [4.78, 5) is 11.5. The van der Waals surface area contributed by atoms with Crippen molar-refractivity contribution in [3.8, 4) is 0 Å². The Kier molecular flexibility index (Phi) is 4.75. The fraction of sp³-hybridized carbons (Fsp3) is 0.812. The number of carbonyl (C=O) groups is 1. The van der Waals surface area contributed by atoms with E-state index >= 15 is 0 Å². The van der Waals surface area contributed by atoms with Crippen LogP contribution in [-0.4, -0.2) is 64.2 Å². The van der Waals surface area contributed by atoms with Crippen molar-refractivity contribution >= 4 is 5.97 Å². The zero-order valence-corrected chi connectivity index (χ0v) is 13.3. The van der Waals surface area contributed by atoms with Crippen molar-refractivity contribution in [3.05, 3.63) is 11.6 Å². The first-order chi connectivity index (χ1) is 10.9. The van der Waals surface area contributed by atoms with E-state index in [4.69, 9.17) is 14.2 Å². The number of carbonyl (C=O) groups excluding carboxylic acids is 1. The Hall–Kier alpha value is -0.990. The van der Waals surface area contributed by atoms with Crippen LogP contribution in [0.5, 0.6) is 0 Å². The van der Waals surface area contributed by atoms with Gasteiger partial charge in [-0.15, -0.1) is 0 Å². The van der Waals surface area contributed by atoms with Crippen LogP contribution in [0.15, 0.2) is 11.6 Å². The van der Waals surface area contributed by atoms with Crippen LogP contribution in [-0.2, 0) is 19.0 Å². The molecular weight excluding hydrogens is 304 g/mol. The second-order valence-corrected chi connectivity index (χ2v) is 6.72. The number of hydrogen-bond donors (Lipinski definition) is 3. The first-order valence-corrected chi connectivity index (χ1v) is 8.10. The normalized spacial score (nSPS) is 47.5. The molecule has 0 amide bonds. The zero-order chi connectivity index (χ0) is 16.7. The Balaban J connectivity index is 1.61. The van der Waals surface area contributed by atoms with Crippen molar-refractivity contribution in [2.45, 2.75) is 76.0 Å². The smallest absolute Gasteiger partial charge is 0.330 e. The van der Waals surface area contributed by atoms with E-state index in [1.54, 1.807) is 6.92 Å². The van der Waals surface area contributed by atoms with Gasteiger partial charge in [-0.3, -0.25) is 0 Å². The van der Waals surface area contributed by atoms with Gasteiger partial charge in [0.25, 0.3) is 0 Å². The van der Waals surface area contributed by atoms with Gasteiger partial charge in [-0.2, -0.15) is 0 Å². The van der Waals surface area contributed by atoms with Crippen molar-refractivity contribution in [2.75, 3.05) is 0 Å². The molecule has 7 nitrogen and oxygen atoms in total. The molecule has 130 valence electrons. The summed E-state index contributed by atoms with van der Waals surface area (Å²) in [5.41, 5.74) is 1.03. The van der Waals surface area contributed by atoms with E-state index in [0.717, 1.165) is 18.4 Å². The number of esters is 1. The molecule has 2 aliphatic heterocycles. The first kappa shape index (κ1) is 16.9. The Bertz CT molecular complexity index is 491. The van der Waals surface area contributed by atoms with Gasteiger partial charge in [0.2, 0.25) is 0 Å². The van der Waals surface area contributed by atoms with E-state index in [0.29, 0.717) is 6.42 Å². The lowest BCUT2D eigenvalue weighted by Crippen LogP contribution is -2.58. The van der Waals surface area contributed by atoms with Gasteiger partial charge in [-0.05, 0) is 26.7 Å². The third kappa shape index (κ3) is 3.29. The highest BCUT2D eigenvalue weighted by atomic mass is 16.7. The van der Waals surface area contributed by atoms with Crippen LogP contribution in [0.2, 0.25) is 0 Å². The largest absolute Gasteiger partial charge is 0.458 e. The van der Waals surface area contributed by atoms with E-state index in [1.165, 1.54) is 6.08 Å². The summed E-state index contributed by atoms with van der Waals surface area (Å²) < 4.78 is 16.6. The van der Waals surface area contributed by atoms with E-state index in [-0.39, 0.29) is 24.1 Å². The molecule has 0 aromatic heterocycles. The molecule has 0 bridgehead atoms. The molecule has 0 aromatic rings. The van der Waals surface area contributed by atoms with Crippen molar-refractivity contribution in [3.63, 3.8) is 0 Å². The average Bonchev–Trinajstić information content (AvgIpc) is 2.50. The summed E-state index contributed by atoms with van der Waals surface area (Å²) in [6, 6.07) is 0. The standard InChI is InChI=1S/C16H24O7/c1-7-5-12(17)23-11-6-9(3-4-10(7)11)22-16-15(20)14(19)13(18)8(2)21-16/h5,8-11,13-16,18-20H,3-4,6H2,1-2H3/t8-,9?,10?,11?,13+,14+,15-,16+/m1/s1. The van der Waals surface area contributed by atoms with Gasteiger partial charge in [0, 0.05) is 18.4 Å². The lowest BCUT2D eigenvalue weighted by Gasteiger charge is -2.43. The minimum Gasteiger partial charge on any atom is -0.458 e. The minimum absolute atomic E-state index is 0.219. The maximum absolute atomic E-state index is 11.5. The Morgan fingerprint density at radius 1 is 1.17 bits per heavy atom. The van der Waals surface area contributed by atoms with Crippen molar-refractivity contribution < 1.29 is 34.3 Å². The molecule has 3 unspecified atom stereocenters. The van der Waals surface area contributed by atoms with Gasteiger partial charge >= 0.3 is 5.97 Å². The number of fused-ring (bicyclic) bond motifs is 1. The number of aliphatic hydroxyl groups excluding tert-OH is 3. The Morgan fingerprint density at radius 3 is 2.65 bits per heavy atom. The molecule has 2 fully saturated rings. The number of aliphatic hydroxyl groups is 3. The fourth-order valence-electron chi connectivity index (χ4n) is 3.66. The molecule has 23 heavy (non-hydrogen) atoms. The zero-order valence-electron chi connectivity index (χ0n) is 13.3. The highest BCUT2D eigenvalue weighted by molar-refractivity contribution is 5.84. The van der Waals surface area contributed by atoms with Gasteiger partial charge in [-0.1, -0.05) is 5.57 Å². The molecule has 3 rings (SSSR count). The number of ether oxygens (including phenoxy) is 3. The average molecular weight is 328 g/mol. The summed E-state index contributed by atoms with van der Waals surface area (Å²) in [7, 11) is 0. The predicted molar refractivity (Wildman–Crippen MR) is 78.2 cm³/mol. The Labute approximate surface area is 134 Å². The van der Waals surface area contributed by atoms with Crippen molar-refractivity contribution in [1.29, 1.82) is 0 Å². The van der Waals surface area contributed by atoms with Crippen LogP contribution in [0.4, 0.5) is 0 Å². The summed E-state index contributed by atoms with van der Waals surface area (Å²) >= 11 is 0. The fourth-order valence-corrected chi connectivity index (χ4v) is 3.66. The van der Waals surface area contributed by atoms with E-state index in [9.17, 15) is 20.1 Å². The predicted octanol–water partition coefficient (Wildman–Crippen LogP) is -0.129. The molecular formula is C16H24O7. The van der Waals surface area contributed by atoms with E-state index < -0.39 is 30.7 Å². The molecule has 1 saturated carbocycles. The SMILES string of the molecule is CC1=CC(=O)OC2CC(O[C@@H]3O[C@H](C)[C@H](O)[C@H](O)[C@H]3O)CCC12. The van der Waals surface area contributed by atoms with Gasteiger partial charge in [0.1, 0.15) is 24.4 Å². The second-order valence-electron chi connectivity index (χ2n) is 6.72.